The first-order chi connectivity index (χ1) is 12.6. The van der Waals surface area contributed by atoms with Gasteiger partial charge in [-0.25, -0.2) is 21.6 Å². The molecular formula is C17H14F3NO5S. The number of Topliss-reactive ketones (excluding diaryl/α,β-unsaturated/α-hetero) is 1. The van der Waals surface area contributed by atoms with Crippen molar-refractivity contribution < 1.29 is 35.9 Å². The summed E-state index contributed by atoms with van der Waals surface area (Å²) in [5.41, 5.74) is -0.200. The molecule has 0 heterocycles. The number of carbonyl (C=O) groups is 2. The van der Waals surface area contributed by atoms with Gasteiger partial charge in [-0.15, -0.1) is 0 Å². The number of hydrogen-bond donors (Lipinski definition) is 0. The van der Waals surface area contributed by atoms with Crippen molar-refractivity contribution in [2.24, 2.45) is 0 Å². The molecule has 2 rings (SSSR count). The lowest BCUT2D eigenvalue weighted by atomic mass is 10.1. The molecule has 0 unspecified atom stereocenters. The summed E-state index contributed by atoms with van der Waals surface area (Å²) in [4.78, 5) is 23.4. The van der Waals surface area contributed by atoms with E-state index in [1.165, 1.54) is 0 Å². The average molecular weight is 401 g/mol. The molecule has 0 aliphatic carbocycles. The predicted molar refractivity (Wildman–Crippen MR) is 87.9 cm³/mol. The van der Waals surface area contributed by atoms with Crippen molar-refractivity contribution in [3.05, 3.63) is 65.5 Å². The zero-order valence-corrected chi connectivity index (χ0v) is 14.8. The Morgan fingerprint density at radius 1 is 1.00 bits per heavy atom. The van der Waals surface area contributed by atoms with Crippen molar-refractivity contribution in [2.75, 3.05) is 20.2 Å². The smallest absolute Gasteiger partial charge is 0.321 e. The maximum absolute atomic E-state index is 13.1. The summed E-state index contributed by atoms with van der Waals surface area (Å²) in [6, 6.07) is 6.45. The van der Waals surface area contributed by atoms with E-state index in [9.17, 15) is 31.2 Å². The van der Waals surface area contributed by atoms with Gasteiger partial charge in [0.1, 0.15) is 12.4 Å². The van der Waals surface area contributed by atoms with Crippen molar-refractivity contribution in [2.45, 2.75) is 4.90 Å². The fraction of sp³-hybridized carbons (Fsp3) is 0.176. The summed E-state index contributed by atoms with van der Waals surface area (Å²) in [5, 5.41) is 0. The first-order valence-corrected chi connectivity index (χ1v) is 8.91. The van der Waals surface area contributed by atoms with Crippen LogP contribution in [0.25, 0.3) is 0 Å². The van der Waals surface area contributed by atoms with Crippen molar-refractivity contribution in [1.29, 1.82) is 0 Å². The summed E-state index contributed by atoms with van der Waals surface area (Å²) >= 11 is 0. The number of halogens is 3. The van der Waals surface area contributed by atoms with Gasteiger partial charge in [-0.2, -0.15) is 4.31 Å². The number of benzene rings is 2. The van der Waals surface area contributed by atoms with Crippen LogP contribution >= 0.6 is 0 Å². The monoisotopic (exact) mass is 401 g/mol. The minimum Gasteiger partial charge on any atom is -0.456 e. The van der Waals surface area contributed by atoms with E-state index in [1.807, 2.05) is 0 Å². The van der Waals surface area contributed by atoms with Crippen molar-refractivity contribution in [1.82, 2.24) is 4.31 Å². The Balaban J connectivity index is 1.95. The third-order valence-corrected chi connectivity index (χ3v) is 5.30. The van der Waals surface area contributed by atoms with E-state index in [2.05, 4.69) is 4.74 Å². The molecule has 144 valence electrons. The van der Waals surface area contributed by atoms with E-state index in [0.717, 1.165) is 43.4 Å². The molecule has 0 radical (unpaired) electrons. The van der Waals surface area contributed by atoms with Gasteiger partial charge in [0.2, 0.25) is 10.0 Å². The van der Waals surface area contributed by atoms with Gasteiger partial charge in [-0.05, 0) is 42.5 Å². The Bertz CT molecular complexity index is 961. The molecule has 0 bridgehead atoms. The second-order valence-electron chi connectivity index (χ2n) is 5.43. The summed E-state index contributed by atoms with van der Waals surface area (Å²) in [5.74, 6) is -4.79. The molecule has 0 aliphatic rings. The van der Waals surface area contributed by atoms with Gasteiger partial charge in [-0.1, -0.05) is 0 Å². The number of ether oxygens (including phenoxy) is 1. The molecule has 10 heteroatoms. The number of ketones is 1. The number of rotatable bonds is 7. The van der Waals surface area contributed by atoms with Crippen LogP contribution in [0.5, 0.6) is 0 Å². The first-order valence-electron chi connectivity index (χ1n) is 7.47. The Morgan fingerprint density at radius 3 is 2.22 bits per heavy atom. The molecule has 0 N–H and O–H groups in total. The highest BCUT2D eigenvalue weighted by Crippen LogP contribution is 2.15. The summed E-state index contributed by atoms with van der Waals surface area (Å²) < 4.78 is 68.7. The molecule has 0 amide bonds. The SMILES string of the molecule is CN(CC(=O)OCC(=O)c1ccc(F)c(F)c1)S(=O)(=O)c1ccc(F)cc1. The lowest BCUT2D eigenvalue weighted by molar-refractivity contribution is -0.142. The highest BCUT2D eigenvalue weighted by atomic mass is 32.2. The second kappa shape index (κ2) is 8.31. The van der Waals surface area contributed by atoms with Crippen LogP contribution in [0, 0.1) is 17.5 Å². The fourth-order valence-corrected chi connectivity index (χ4v) is 3.11. The Morgan fingerprint density at radius 2 is 1.63 bits per heavy atom. The second-order valence-corrected chi connectivity index (χ2v) is 7.47. The number of hydrogen-bond acceptors (Lipinski definition) is 5. The van der Waals surface area contributed by atoms with Gasteiger partial charge in [0.05, 0.1) is 4.90 Å². The van der Waals surface area contributed by atoms with Gasteiger partial charge in [-0.3, -0.25) is 9.59 Å². The van der Waals surface area contributed by atoms with E-state index >= 15 is 0 Å². The van der Waals surface area contributed by atoms with Crippen LogP contribution in [0.4, 0.5) is 13.2 Å². The number of sulfonamides is 1. The van der Waals surface area contributed by atoms with Gasteiger partial charge >= 0.3 is 5.97 Å². The molecular weight excluding hydrogens is 387 g/mol. The lowest BCUT2D eigenvalue weighted by Gasteiger charge is -2.16. The molecule has 0 saturated heterocycles. The standard InChI is InChI=1S/C17H14F3NO5S/c1-21(27(24,25)13-5-3-12(18)4-6-13)9-17(23)26-10-16(22)11-2-7-14(19)15(20)8-11/h2-8H,9-10H2,1H3. The quantitative estimate of drug-likeness (QED) is 0.525. The van der Waals surface area contributed by atoms with Crippen molar-refractivity contribution in [3.63, 3.8) is 0 Å². The number of nitrogens with zero attached hydrogens (tertiary/aromatic N) is 1. The van der Waals surface area contributed by atoms with Crippen LogP contribution in [-0.2, 0) is 19.6 Å². The van der Waals surface area contributed by atoms with E-state index in [-0.39, 0.29) is 10.5 Å². The van der Waals surface area contributed by atoms with Crippen LogP contribution < -0.4 is 0 Å². The van der Waals surface area contributed by atoms with Gasteiger partial charge in [0.15, 0.2) is 24.0 Å². The molecule has 0 aliphatic heterocycles. The maximum Gasteiger partial charge on any atom is 0.321 e. The minimum absolute atomic E-state index is 0.200. The van der Waals surface area contributed by atoms with E-state index in [4.69, 9.17) is 0 Å². The van der Waals surface area contributed by atoms with Crippen molar-refractivity contribution in [3.8, 4) is 0 Å². The molecule has 0 saturated carbocycles. The fourth-order valence-electron chi connectivity index (χ4n) is 2.00. The topological polar surface area (TPSA) is 80.8 Å². The summed E-state index contributed by atoms with van der Waals surface area (Å²) in [6.07, 6.45) is 0. The zero-order valence-electron chi connectivity index (χ0n) is 14.0. The minimum atomic E-state index is -4.06. The van der Waals surface area contributed by atoms with Crippen LogP contribution in [0.2, 0.25) is 0 Å². The normalized spacial score (nSPS) is 11.4. The molecule has 0 aromatic heterocycles. The third-order valence-electron chi connectivity index (χ3n) is 3.48. The number of carbonyl (C=O) groups excluding carboxylic acids is 2. The van der Waals surface area contributed by atoms with Crippen LogP contribution in [0.1, 0.15) is 10.4 Å². The molecule has 0 atom stereocenters. The maximum atomic E-state index is 13.1. The molecule has 0 fully saturated rings. The Hall–Kier alpha value is -2.72. The van der Waals surface area contributed by atoms with E-state index in [1.54, 1.807) is 0 Å². The average Bonchev–Trinajstić information content (AvgIpc) is 2.62. The van der Waals surface area contributed by atoms with Gasteiger partial charge < -0.3 is 4.74 Å². The third kappa shape index (κ3) is 5.14. The molecule has 0 spiro atoms. The van der Waals surface area contributed by atoms with Crippen molar-refractivity contribution >= 4 is 21.8 Å². The van der Waals surface area contributed by atoms with E-state index in [0.29, 0.717) is 10.4 Å². The summed E-state index contributed by atoms with van der Waals surface area (Å²) in [6.45, 7) is -1.47. The van der Waals surface area contributed by atoms with Crippen LogP contribution in [0.3, 0.4) is 0 Å². The highest BCUT2D eigenvalue weighted by Gasteiger charge is 2.24. The number of likely N-dealkylation sites (N-methyl/N-ethyl adjacent to an activating group) is 1. The molecule has 2 aromatic rings. The lowest BCUT2D eigenvalue weighted by Crippen LogP contribution is -2.33. The zero-order chi connectivity index (χ0) is 20.2. The summed E-state index contributed by atoms with van der Waals surface area (Å²) in [7, 11) is -2.95. The highest BCUT2D eigenvalue weighted by molar-refractivity contribution is 7.89. The molecule has 6 nitrogen and oxygen atoms in total. The predicted octanol–water partition coefficient (Wildman–Crippen LogP) is 2.15. The molecule has 2 aromatic carbocycles. The Labute approximate surface area is 153 Å². The largest absolute Gasteiger partial charge is 0.456 e. The first kappa shape index (κ1) is 20.6. The van der Waals surface area contributed by atoms with Crippen LogP contribution in [-0.4, -0.2) is 44.7 Å². The van der Waals surface area contributed by atoms with Gasteiger partial charge in [0.25, 0.3) is 0 Å². The van der Waals surface area contributed by atoms with Crippen LogP contribution in [0.15, 0.2) is 47.4 Å². The van der Waals surface area contributed by atoms with E-state index < -0.39 is 52.4 Å². The molecule has 27 heavy (non-hydrogen) atoms. The number of esters is 1. The van der Waals surface area contributed by atoms with Gasteiger partial charge in [0, 0.05) is 12.6 Å². The Kier molecular flexibility index (Phi) is 6.34.